The van der Waals surface area contributed by atoms with Gasteiger partial charge in [0.15, 0.2) is 5.75 Å². The van der Waals surface area contributed by atoms with Gasteiger partial charge in [-0.05, 0) is 32.0 Å². The SMILES string of the molecule is Cc1nc2ccccc2c(C)c1Oc1ccccc1.N. The van der Waals surface area contributed by atoms with Crippen molar-refractivity contribution < 1.29 is 4.74 Å². The van der Waals surface area contributed by atoms with Gasteiger partial charge in [-0.15, -0.1) is 0 Å². The first-order valence-electron chi connectivity index (χ1n) is 6.34. The van der Waals surface area contributed by atoms with Crippen LogP contribution in [0.5, 0.6) is 11.5 Å². The third-order valence-electron chi connectivity index (χ3n) is 3.23. The molecule has 3 N–H and O–H groups in total. The summed E-state index contributed by atoms with van der Waals surface area (Å²) in [5, 5.41) is 1.14. The van der Waals surface area contributed by atoms with Crippen LogP contribution in [0.3, 0.4) is 0 Å². The molecule has 102 valence electrons. The van der Waals surface area contributed by atoms with E-state index < -0.39 is 0 Å². The highest BCUT2D eigenvalue weighted by Crippen LogP contribution is 2.32. The second-order valence-electron chi connectivity index (χ2n) is 4.58. The number of para-hydroxylation sites is 2. The van der Waals surface area contributed by atoms with Crippen molar-refractivity contribution in [2.75, 3.05) is 0 Å². The minimum absolute atomic E-state index is 0. The predicted molar refractivity (Wildman–Crippen MR) is 82.8 cm³/mol. The third kappa shape index (κ3) is 2.49. The van der Waals surface area contributed by atoms with Crippen LogP contribution >= 0.6 is 0 Å². The van der Waals surface area contributed by atoms with E-state index in [0.29, 0.717) is 0 Å². The van der Waals surface area contributed by atoms with Gasteiger partial charge in [-0.2, -0.15) is 0 Å². The number of aromatic nitrogens is 1. The van der Waals surface area contributed by atoms with Crippen molar-refractivity contribution in [3.63, 3.8) is 0 Å². The van der Waals surface area contributed by atoms with Gasteiger partial charge in [0.1, 0.15) is 5.75 Å². The Morgan fingerprint density at radius 3 is 2.25 bits per heavy atom. The normalized spacial score (nSPS) is 10.1. The van der Waals surface area contributed by atoms with Gasteiger partial charge < -0.3 is 10.9 Å². The first-order valence-corrected chi connectivity index (χ1v) is 6.34. The molecule has 0 amide bonds. The fraction of sp³-hybridized carbons (Fsp3) is 0.118. The summed E-state index contributed by atoms with van der Waals surface area (Å²) < 4.78 is 5.99. The number of hydrogen-bond donors (Lipinski definition) is 1. The van der Waals surface area contributed by atoms with Crippen molar-refractivity contribution >= 4 is 10.9 Å². The highest BCUT2D eigenvalue weighted by Gasteiger charge is 2.10. The number of benzene rings is 2. The molecule has 0 aliphatic rings. The summed E-state index contributed by atoms with van der Waals surface area (Å²) in [7, 11) is 0. The molecule has 2 aromatic carbocycles. The molecule has 0 atom stereocenters. The number of aryl methyl sites for hydroxylation is 2. The van der Waals surface area contributed by atoms with E-state index in [1.54, 1.807) is 0 Å². The van der Waals surface area contributed by atoms with Crippen molar-refractivity contribution in [1.82, 2.24) is 11.1 Å². The zero-order chi connectivity index (χ0) is 13.2. The summed E-state index contributed by atoms with van der Waals surface area (Å²) in [6.07, 6.45) is 0. The number of nitrogens with zero attached hydrogens (tertiary/aromatic N) is 1. The lowest BCUT2D eigenvalue weighted by atomic mass is 10.1. The lowest BCUT2D eigenvalue weighted by molar-refractivity contribution is 0.473. The Hall–Kier alpha value is -2.39. The molecular formula is C17H18N2O. The quantitative estimate of drug-likeness (QED) is 0.724. The maximum absolute atomic E-state index is 5.99. The summed E-state index contributed by atoms with van der Waals surface area (Å²) in [6.45, 7) is 4.06. The Balaban J connectivity index is 0.00000147. The highest BCUT2D eigenvalue weighted by atomic mass is 16.5. The van der Waals surface area contributed by atoms with Gasteiger partial charge in [0.25, 0.3) is 0 Å². The molecule has 1 heterocycles. The van der Waals surface area contributed by atoms with Gasteiger partial charge in [0.2, 0.25) is 0 Å². The molecule has 3 heteroatoms. The Bertz CT molecular complexity index is 724. The lowest BCUT2D eigenvalue weighted by Crippen LogP contribution is -1.95. The Labute approximate surface area is 118 Å². The first-order chi connectivity index (χ1) is 9.25. The van der Waals surface area contributed by atoms with Crippen LogP contribution in [0.2, 0.25) is 0 Å². The van der Waals surface area contributed by atoms with E-state index in [2.05, 4.69) is 18.0 Å². The molecule has 3 nitrogen and oxygen atoms in total. The second kappa shape index (κ2) is 5.72. The molecule has 0 spiro atoms. The summed E-state index contributed by atoms with van der Waals surface area (Å²) in [5.41, 5.74) is 3.06. The standard InChI is InChI=1S/C17H15NO.H3N/c1-12-15-10-6-7-11-16(15)18-13(2)17(12)19-14-8-4-3-5-9-14;/h3-11H,1-2H3;1H3. The van der Waals surface area contributed by atoms with E-state index in [4.69, 9.17) is 4.74 Å². The zero-order valence-corrected chi connectivity index (χ0v) is 11.8. The molecule has 20 heavy (non-hydrogen) atoms. The van der Waals surface area contributed by atoms with E-state index >= 15 is 0 Å². The molecule has 3 aromatic rings. The largest absolute Gasteiger partial charge is 0.455 e. The Morgan fingerprint density at radius 1 is 0.850 bits per heavy atom. The number of hydrogen-bond acceptors (Lipinski definition) is 3. The van der Waals surface area contributed by atoms with Crippen molar-refractivity contribution in [2.24, 2.45) is 0 Å². The van der Waals surface area contributed by atoms with Crippen molar-refractivity contribution in [1.29, 1.82) is 0 Å². The third-order valence-corrected chi connectivity index (χ3v) is 3.23. The fourth-order valence-corrected chi connectivity index (χ4v) is 2.27. The average Bonchev–Trinajstić information content (AvgIpc) is 2.45. The zero-order valence-electron chi connectivity index (χ0n) is 11.8. The first kappa shape index (κ1) is 14.0. The maximum Gasteiger partial charge on any atom is 0.152 e. The lowest BCUT2D eigenvalue weighted by Gasteiger charge is -2.13. The molecule has 3 rings (SSSR count). The monoisotopic (exact) mass is 266 g/mol. The van der Waals surface area contributed by atoms with E-state index in [9.17, 15) is 0 Å². The van der Waals surface area contributed by atoms with Crippen LogP contribution in [0.15, 0.2) is 54.6 Å². The minimum atomic E-state index is 0. The van der Waals surface area contributed by atoms with Gasteiger partial charge in [0, 0.05) is 10.9 Å². The maximum atomic E-state index is 5.99. The summed E-state index contributed by atoms with van der Waals surface area (Å²) in [4.78, 5) is 4.61. The van der Waals surface area contributed by atoms with Crippen molar-refractivity contribution in [2.45, 2.75) is 13.8 Å². The predicted octanol–water partition coefficient (Wildman–Crippen LogP) is 4.81. The molecule has 0 unspecified atom stereocenters. The van der Waals surface area contributed by atoms with Gasteiger partial charge in [-0.25, -0.2) is 4.98 Å². The van der Waals surface area contributed by atoms with E-state index in [-0.39, 0.29) is 6.15 Å². The van der Waals surface area contributed by atoms with E-state index in [0.717, 1.165) is 33.7 Å². The van der Waals surface area contributed by atoms with Crippen molar-refractivity contribution in [3.8, 4) is 11.5 Å². The highest BCUT2D eigenvalue weighted by molar-refractivity contribution is 5.84. The molecule has 0 saturated carbocycles. The van der Waals surface area contributed by atoms with Crippen molar-refractivity contribution in [3.05, 3.63) is 65.9 Å². The van der Waals surface area contributed by atoms with Crippen LogP contribution in [-0.2, 0) is 0 Å². The Kier molecular flexibility index (Phi) is 4.01. The summed E-state index contributed by atoms with van der Waals surface area (Å²) in [6, 6.07) is 18.0. The topological polar surface area (TPSA) is 57.1 Å². The van der Waals surface area contributed by atoms with Gasteiger partial charge >= 0.3 is 0 Å². The summed E-state index contributed by atoms with van der Waals surface area (Å²) >= 11 is 0. The van der Waals surface area contributed by atoms with Gasteiger partial charge in [-0.3, -0.25) is 0 Å². The van der Waals surface area contributed by atoms with Crippen LogP contribution in [0.1, 0.15) is 11.3 Å². The van der Waals surface area contributed by atoms with Crippen LogP contribution in [0.25, 0.3) is 10.9 Å². The van der Waals surface area contributed by atoms with E-state index in [1.165, 1.54) is 0 Å². The number of fused-ring (bicyclic) bond motifs is 1. The molecule has 0 fully saturated rings. The molecule has 1 aromatic heterocycles. The molecule has 0 aliphatic carbocycles. The smallest absolute Gasteiger partial charge is 0.152 e. The van der Waals surface area contributed by atoms with Crippen LogP contribution in [-0.4, -0.2) is 4.98 Å². The van der Waals surface area contributed by atoms with E-state index in [1.807, 2.05) is 55.5 Å². The van der Waals surface area contributed by atoms with Gasteiger partial charge in [0.05, 0.1) is 11.2 Å². The number of rotatable bonds is 2. The minimum Gasteiger partial charge on any atom is -0.455 e. The molecular weight excluding hydrogens is 248 g/mol. The average molecular weight is 266 g/mol. The molecule has 0 bridgehead atoms. The van der Waals surface area contributed by atoms with Crippen LogP contribution in [0, 0.1) is 13.8 Å². The fourth-order valence-electron chi connectivity index (χ4n) is 2.27. The number of ether oxygens (including phenoxy) is 1. The molecule has 0 saturated heterocycles. The second-order valence-corrected chi connectivity index (χ2v) is 4.58. The Morgan fingerprint density at radius 2 is 1.50 bits per heavy atom. The van der Waals surface area contributed by atoms with Crippen LogP contribution in [0.4, 0.5) is 0 Å². The van der Waals surface area contributed by atoms with Crippen LogP contribution < -0.4 is 10.9 Å². The molecule has 0 radical (unpaired) electrons. The molecule has 0 aliphatic heterocycles. The number of pyridine rings is 1. The summed E-state index contributed by atoms with van der Waals surface area (Å²) in [5.74, 6) is 1.69. The van der Waals surface area contributed by atoms with Gasteiger partial charge in [-0.1, -0.05) is 36.4 Å².